The Bertz CT molecular complexity index is 1610. The van der Waals surface area contributed by atoms with Crippen molar-refractivity contribution in [3.05, 3.63) is 113 Å². The molecule has 0 saturated carbocycles. The van der Waals surface area contributed by atoms with Crippen LogP contribution in [0.5, 0.6) is 0 Å². The number of aromatic nitrogens is 3. The van der Waals surface area contributed by atoms with E-state index in [1.807, 2.05) is 42.5 Å². The zero-order valence-electron chi connectivity index (χ0n) is 19.1. The van der Waals surface area contributed by atoms with Crippen LogP contribution in [0.3, 0.4) is 0 Å². The van der Waals surface area contributed by atoms with Gasteiger partial charge in [-0.05, 0) is 29.3 Å². The van der Waals surface area contributed by atoms with Crippen LogP contribution in [-0.4, -0.2) is 32.0 Å². The number of aliphatic hydroxyl groups excluding tert-OH is 1. The van der Waals surface area contributed by atoms with E-state index in [0.29, 0.717) is 21.2 Å². The number of amides is 1. The maximum Gasteiger partial charge on any atom is 0.296 e. The average Bonchev–Trinajstić information content (AvgIpc) is 3.65. The van der Waals surface area contributed by atoms with Gasteiger partial charge in [0.05, 0.1) is 11.6 Å². The second-order valence-electron chi connectivity index (χ2n) is 8.23. The van der Waals surface area contributed by atoms with Gasteiger partial charge in [-0.3, -0.25) is 19.5 Å². The minimum atomic E-state index is -0.943. The number of hydrogen-bond donors (Lipinski definition) is 1. The van der Waals surface area contributed by atoms with Gasteiger partial charge in [0.25, 0.3) is 5.91 Å². The molecule has 5 aromatic rings. The second kappa shape index (κ2) is 9.64. The first-order chi connectivity index (χ1) is 18.1. The van der Waals surface area contributed by atoms with Crippen LogP contribution in [0.4, 0.5) is 5.13 Å². The molecule has 0 radical (unpaired) electrons. The number of Topliss-reactive ketones (excluding diaryl/α,β-unsaturated/α-hetero) is 1. The summed E-state index contributed by atoms with van der Waals surface area (Å²) in [7, 11) is 0. The van der Waals surface area contributed by atoms with Crippen molar-refractivity contribution in [2.45, 2.75) is 16.1 Å². The van der Waals surface area contributed by atoms with Crippen molar-refractivity contribution in [2.75, 3.05) is 4.90 Å². The number of anilines is 1. The van der Waals surface area contributed by atoms with Gasteiger partial charge in [0.2, 0.25) is 10.9 Å². The summed E-state index contributed by atoms with van der Waals surface area (Å²) in [6.45, 7) is 0. The molecule has 0 aliphatic carbocycles. The molecule has 37 heavy (non-hydrogen) atoms. The number of carbonyl (C=O) groups is 2. The Morgan fingerprint density at radius 2 is 1.86 bits per heavy atom. The van der Waals surface area contributed by atoms with Crippen LogP contribution >= 0.6 is 23.1 Å². The summed E-state index contributed by atoms with van der Waals surface area (Å²) < 4.78 is 6.42. The summed E-state index contributed by atoms with van der Waals surface area (Å²) in [5.41, 5.74) is 2.13. The van der Waals surface area contributed by atoms with Crippen molar-refractivity contribution >= 4 is 50.9 Å². The highest BCUT2D eigenvalue weighted by Gasteiger charge is 2.47. The molecule has 182 valence electrons. The molecule has 0 fully saturated rings. The Kier molecular flexibility index (Phi) is 6.03. The first-order valence-electron chi connectivity index (χ1n) is 11.3. The van der Waals surface area contributed by atoms with Crippen LogP contribution in [0.15, 0.2) is 105 Å². The number of furan rings is 1. The SMILES string of the molecule is O=C(C1=C(O)C(=O)N(c2nnc(SCc3ccccc3)s2)C1c1cccnc1)c1cc2ccccc2o1. The Morgan fingerprint density at radius 3 is 2.65 bits per heavy atom. The quantitative estimate of drug-likeness (QED) is 0.162. The molecule has 0 bridgehead atoms. The van der Waals surface area contributed by atoms with E-state index in [-0.39, 0.29) is 16.5 Å². The van der Waals surface area contributed by atoms with Crippen LogP contribution in [0.2, 0.25) is 0 Å². The van der Waals surface area contributed by atoms with Gasteiger partial charge in [0, 0.05) is 23.5 Å². The third-order valence-corrected chi connectivity index (χ3v) is 8.04. The van der Waals surface area contributed by atoms with Gasteiger partial charge in [-0.2, -0.15) is 0 Å². The maximum atomic E-state index is 13.7. The predicted octanol–water partition coefficient (Wildman–Crippen LogP) is 5.75. The highest BCUT2D eigenvalue weighted by Crippen LogP contribution is 2.44. The number of pyridine rings is 1. The van der Waals surface area contributed by atoms with E-state index in [9.17, 15) is 14.7 Å². The van der Waals surface area contributed by atoms with E-state index in [1.54, 1.807) is 42.7 Å². The molecule has 10 heteroatoms. The van der Waals surface area contributed by atoms with Crippen molar-refractivity contribution in [3.8, 4) is 0 Å². The minimum Gasteiger partial charge on any atom is -0.503 e. The van der Waals surface area contributed by atoms with Gasteiger partial charge < -0.3 is 9.52 Å². The molecule has 1 N–H and O–H groups in total. The van der Waals surface area contributed by atoms with Gasteiger partial charge in [-0.15, -0.1) is 10.2 Å². The Hall–Kier alpha value is -4.28. The third kappa shape index (κ3) is 4.30. The molecule has 3 aromatic heterocycles. The summed E-state index contributed by atoms with van der Waals surface area (Å²) in [6.07, 6.45) is 3.15. The normalized spacial score (nSPS) is 15.6. The first kappa shape index (κ1) is 23.1. The molecule has 1 amide bonds. The number of fused-ring (bicyclic) bond motifs is 1. The van der Waals surface area contributed by atoms with E-state index >= 15 is 0 Å². The second-order valence-corrected chi connectivity index (χ2v) is 10.4. The molecule has 1 atom stereocenters. The highest BCUT2D eigenvalue weighted by molar-refractivity contribution is 8.00. The number of hydrogen-bond acceptors (Lipinski definition) is 9. The summed E-state index contributed by atoms with van der Waals surface area (Å²) in [6, 6.07) is 21.3. The lowest BCUT2D eigenvalue weighted by Crippen LogP contribution is -2.31. The number of para-hydroxylation sites is 1. The minimum absolute atomic E-state index is 0.0302. The third-order valence-electron chi connectivity index (χ3n) is 5.91. The largest absolute Gasteiger partial charge is 0.503 e. The summed E-state index contributed by atoms with van der Waals surface area (Å²) in [4.78, 5) is 32.5. The standard InChI is InChI=1S/C27H18N4O4S2/c32-23(20-13-17-9-4-5-11-19(17)35-20)21-22(18-10-6-12-28-14-18)31(25(34)24(21)33)26-29-30-27(37-26)36-15-16-7-2-1-3-8-16/h1-14,22,33H,15H2. The molecule has 1 aliphatic rings. The molecule has 0 saturated heterocycles. The van der Waals surface area contributed by atoms with Crippen LogP contribution in [0.25, 0.3) is 11.0 Å². The van der Waals surface area contributed by atoms with Crippen molar-refractivity contribution in [1.82, 2.24) is 15.2 Å². The molecular formula is C27H18N4O4S2. The van der Waals surface area contributed by atoms with E-state index < -0.39 is 23.5 Å². The number of benzene rings is 2. The molecule has 1 aliphatic heterocycles. The maximum absolute atomic E-state index is 13.7. The molecule has 4 heterocycles. The van der Waals surface area contributed by atoms with Crippen molar-refractivity contribution in [2.24, 2.45) is 0 Å². The van der Waals surface area contributed by atoms with E-state index in [1.165, 1.54) is 28.0 Å². The number of carbonyl (C=O) groups excluding carboxylic acids is 2. The lowest BCUT2D eigenvalue weighted by atomic mass is 9.96. The smallest absolute Gasteiger partial charge is 0.296 e. The molecule has 6 rings (SSSR count). The van der Waals surface area contributed by atoms with Gasteiger partial charge in [-0.25, -0.2) is 0 Å². The number of thioether (sulfide) groups is 1. The van der Waals surface area contributed by atoms with E-state index in [2.05, 4.69) is 15.2 Å². The number of aliphatic hydroxyl groups is 1. The molecular weight excluding hydrogens is 508 g/mol. The van der Waals surface area contributed by atoms with Crippen molar-refractivity contribution in [3.63, 3.8) is 0 Å². The molecule has 2 aromatic carbocycles. The van der Waals surface area contributed by atoms with Gasteiger partial charge >= 0.3 is 0 Å². The van der Waals surface area contributed by atoms with Crippen LogP contribution in [0.1, 0.15) is 27.7 Å². The van der Waals surface area contributed by atoms with Crippen LogP contribution in [-0.2, 0) is 10.5 Å². The zero-order chi connectivity index (χ0) is 25.4. The lowest BCUT2D eigenvalue weighted by Gasteiger charge is -2.23. The fourth-order valence-corrected chi connectivity index (χ4v) is 6.02. The Balaban J connectivity index is 1.36. The zero-order valence-corrected chi connectivity index (χ0v) is 20.8. The Labute approximate surface area is 219 Å². The lowest BCUT2D eigenvalue weighted by molar-refractivity contribution is -0.117. The van der Waals surface area contributed by atoms with Crippen LogP contribution in [0, 0.1) is 0 Å². The van der Waals surface area contributed by atoms with E-state index in [0.717, 1.165) is 10.9 Å². The van der Waals surface area contributed by atoms with Gasteiger partial charge in [0.1, 0.15) is 5.58 Å². The summed E-state index contributed by atoms with van der Waals surface area (Å²) in [5.74, 6) is -1.24. The summed E-state index contributed by atoms with van der Waals surface area (Å²) >= 11 is 2.71. The van der Waals surface area contributed by atoms with Crippen LogP contribution < -0.4 is 4.90 Å². The first-order valence-corrected chi connectivity index (χ1v) is 13.1. The van der Waals surface area contributed by atoms with Gasteiger partial charge in [0.15, 0.2) is 15.9 Å². The number of nitrogens with zero attached hydrogens (tertiary/aromatic N) is 4. The summed E-state index contributed by atoms with van der Waals surface area (Å²) in [5, 5.41) is 20.4. The van der Waals surface area contributed by atoms with Crippen molar-refractivity contribution in [1.29, 1.82) is 0 Å². The number of ketones is 1. The monoisotopic (exact) mass is 526 g/mol. The van der Waals surface area contributed by atoms with Gasteiger partial charge in [-0.1, -0.05) is 77.7 Å². The predicted molar refractivity (Wildman–Crippen MR) is 141 cm³/mol. The Morgan fingerprint density at radius 1 is 1.05 bits per heavy atom. The molecule has 0 spiro atoms. The topological polar surface area (TPSA) is 109 Å². The molecule has 8 nitrogen and oxygen atoms in total. The molecule has 1 unspecified atom stereocenters. The highest BCUT2D eigenvalue weighted by atomic mass is 32.2. The van der Waals surface area contributed by atoms with E-state index in [4.69, 9.17) is 4.42 Å². The van der Waals surface area contributed by atoms with Crippen molar-refractivity contribution < 1.29 is 19.1 Å². The average molecular weight is 527 g/mol. The number of rotatable bonds is 7. The fourth-order valence-electron chi connectivity index (χ4n) is 4.19. The fraction of sp³-hybridized carbons (Fsp3) is 0.0741.